The molecule has 6 heteroatoms. The fraction of sp³-hybridized carbons (Fsp3) is 0.216. The van der Waals surface area contributed by atoms with Crippen LogP contribution in [0.2, 0.25) is 0 Å². The molecule has 1 N–H and O–H groups in total. The molecule has 1 saturated heterocycles. The summed E-state index contributed by atoms with van der Waals surface area (Å²) < 4.78 is 0.856. The molecule has 3 heterocycles. The smallest absolute Gasteiger partial charge is 0.238 e. The van der Waals surface area contributed by atoms with Gasteiger partial charge in [-0.3, -0.25) is 14.4 Å². The number of hydrogen-bond donors (Lipinski definition) is 1. The van der Waals surface area contributed by atoms with E-state index in [0.29, 0.717) is 22.7 Å². The van der Waals surface area contributed by atoms with Crippen LogP contribution < -0.4 is 10.2 Å². The van der Waals surface area contributed by atoms with E-state index < -0.39 is 23.4 Å². The molecule has 0 unspecified atom stereocenters. The summed E-state index contributed by atoms with van der Waals surface area (Å²) in [4.78, 5) is 46.2. The maximum atomic E-state index is 15.0. The number of para-hydroxylation sites is 2. The van der Waals surface area contributed by atoms with Crippen molar-refractivity contribution >= 4 is 50.9 Å². The first-order chi connectivity index (χ1) is 20.8. The van der Waals surface area contributed by atoms with Gasteiger partial charge < -0.3 is 10.2 Å². The average Bonchev–Trinajstić information content (AvgIpc) is 3.49. The molecule has 1 spiro atoms. The standard InChI is InChI=1S/C37H31BrN2O3/c1-22(2)21-23-11-13-25(14-12-23)34(41)32-33(35(42)26-15-18-27(38)19-16-26)40-30-10-6-3-7-24(30)17-20-31(40)37(32)28-8-4-5-9-29(28)39-36(37)43/h3-20,22,31-33H,21H2,1-2H3,(H,39,43)/t31-,32-,33+,37+/m0/s1. The van der Waals surface area contributed by atoms with Gasteiger partial charge in [-0.1, -0.05) is 115 Å². The van der Waals surface area contributed by atoms with Gasteiger partial charge >= 0.3 is 0 Å². The molecule has 4 aromatic carbocycles. The molecule has 43 heavy (non-hydrogen) atoms. The first kappa shape index (κ1) is 27.5. The van der Waals surface area contributed by atoms with Crippen LogP contribution in [0.25, 0.3) is 6.08 Å². The molecule has 3 aliphatic heterocycles. The van der Waals surface area contributed by atoms with E-state index in [2.05, 4.69) is 35.1 Å². The number of amides is 1. The Balaban J connectivity index is 1.48. The highest BCUT2D eigenvalue weighted by Crippen LogP contribution is 2.58. The molecule has 0 saturated carbocycles. The van der Waals surface area contributed by atoms with Crippen LogP contribution in [-0.2, 0) is 16.6 Å². The van der Waals surface area contributed by atoms with Crippen LogP contribution in [0.4, 0.5) is 11.4 Å². The zero-order valence-electron chi connectivity index (χ0n) is 24.0. The monoisotopic (exact) mass is 630 g/mol. The summed E-state index contributed by atoms with van der Waals surface area (Å²) >= 11 is 3.48. The van der Waals surface area contributed by atoms with E-state index in [1.54, 1.807) is 12.1 Å². The number of nitrogens with zero attached hydrogens (tertiary/aromatic N) is 1. The number of halogens is 1. The number of hydrogen-bond acceptors (Lipinski definition) is 4. The highest BCUT2D eigenvalue weighted by molar-refractivity contribution is 9.10. The van der Waals surface area contributed by atoms with Gasteiger partial charge in [-0.05, 0) is 53.3 Å². The number of carbonyl (C=O) groups excluding carboxylic acids is 3. The summed E-state index contributed by atoms with van der Waals surface area (Å²) in [5.41, 5.74) is 4.04. The second-order valence-corrected chi connectivity index (χ2v) is 13.0. The van der Waals surface area contributed by atoms with Gasteiger partial charge in [0.25, 0.3) is 0 Å². The topological polar surface area (TPSA) is 66.5 Å². The van der Waals surface area contributed by atoms with Crippen molar-refractivity contribution in [3.63, 3.8) is 0 Å². The van der Waals surface area contributed by atoms with E-state index in [4.69, 9.17) is 0 Å². The normalized spacial score (nSPS) is 23.2. The Bertz CT molecular complexity index is 1790. The number of ketones is 2. The number of anilines is 2. The van der Waals surface area contributed by atoms with Gasteiger partial charge in [-0.15, -0.1) is 0 Å². The number of fused-ring (bicyclic) bond motifs is 6. The third-order valence-corrected chi connectivity index (χ3v) is 9.63. The van der Waals surface area contributed by atoms with E-state index >= 15 is 0 Å². The Labute approximate surface area is 259 Å². The van der Waals surface area contributed by atoms with E-state index in [1.165, 1.54) is 0 Å². The Hall–Kier alpha value is -4.29. The van der Waals surface area contributed by atoms with Gasteiger partial charge in [0.1, 0.15) is 11.5 Å². The lowest BCUT2D eigenvalue weighted by atomic mass is 9.64. The molecule has 4 aromatic rings. The maximum Gasteiger partial charge on any atom is 0.238 e. The lowest BCUT2D eigenvalue weighted by molar-refractivity contribution is -0.121. The molecule has 5 nitrogen and oxygen atoms in total. The van der Waals surface area contributed by atoms with Gasteiger partial charge in [0.15, 0.2) is 11.6 Å². The minimum atomic E-state index is -1.32. The lowest BCUT2D eigenvalue weighted by Gasteiger charge is -2.37. The van der Waals surface area contributed by atoms with Crippen LogP contribution in [0.5, 0.6) is 0 Å². The maximum absolute atomic E-state index is 15.0. The van der Waals surface area contributed by atoms with Crippen LogP contribution >= 0.6 is 15.9 Å². The van der Waals surface area contributed by atoms with Crippen LogP contribution in [-0.4, -0.2) is 29.6 Å². The van der Waals surface area contributed by atoms with E-state index in [1.807, 2.05) is 102 Å². The molecule has 0 aromatic heterocycles. The molecule has 0 aliphatic carbocycles. The third kappa shape index (κ3) is 4.22. The van der Waals surface area contributed by atoms with Gasteiger partial charge in [0.2, 0.25) is 5.91 Å². The van der Waals surface area contributed by atoms with Crippen molar-refractivity contribution in [3.8, 4) is 0 Å². The van der Waals surface area contributed by atoms with Gasteiger partial charge in [-0.25, -0.2) is 0 Å². The molecular formula is C37H31BrN2O3. The molecule has 1 amide bonds. The molecule has 3 aliphatic rings. The van der Waals surface area contributed by atoms with E-state index in [0.717, 1.165) is 33.3 Å². The van der Waals surface area contributed by atoms with Gasteiger partial charge in [-0.2, -0.15) is 0 Å². The predicted octanol–water partition coefficient (Wildman–Crippen LogP) is 7.50. The molecule has 214 valence electrons. The zero-order chi connectivity index (χ0) is 29.9. The first-order valence-electron chi connectivity index (χ1n) is 14.7. The SMILES string of the molecule is CC(C)Cc1ccc(C(=O)[C@@H]2[C@H](C(=O)c3ccc(Br)cc3)N3c4ccccc4C=C[C@H]3[C@@]23C(=O)Nc2ccccc23)cc1. The van der Waals surface area contributed by atoms with Gasteiger partial charge in [0, 0.05) is 27.0 Å². The summed E-state index contributed by atoms with van der Waals surface area (Å²) in [6.07, 6.45) is 4.92. The van der Waals surface area contributed by atoms with Crippen LogP contribution in [0.3, 0.4) is 0 Å². The van der Waals surface area contributed by atoms with E-state index in [-0.39, 0.29) is 17.5 Å². The fourth-order valence-corrected chi connectivity index (χ4v) is 7.63. The second kappa shape index (κ2) is 10.5. The second-order valence-electron chi connectivity index (χ2n) is 12.1. The average molecular weight is 632 g/mol. The molecular weight excluding hydrogens is 600 g/mol. The Kier molecular flexibility index (Phi) is 6.70. The van der Waals surface area contributed by atoms with Gasteiger partial charge in [0.05, 0.1) is 12.0 Å². The molecule has 7 rings (SSSR count). The van der Waals surface area contributed by atoms with Crippen molar-refractivity contribution < 1.29 is 14.4 Å². The summed E-state index contributed by atoms with van der Waals surface area (Å²) in [6.45, 7) is 4.33. The largest absolute Gasteiger partial charge is 0.352 e. The minimum Gasteiger partial charge on any atom is -0.352 e. The van der Waals surface area contributed by atoms with E-state index in [9.17, 15) is 14.4 Å². The minimum absolute atomic E-state index is 0.188. The van der Waals surface area contributed by atoms with Crippen LogP contribution in [0.1, 0.15) is 51.3 Å². The summed E-state index contributed by atoms with van der Waals surface area (Å²) in [5, 5.41) is 3.09. The van der Waals surface area contributed by atoms with Crippen molar-refractivity contribution in [1.82, 2.24) is 0 Å². The molecule has 0 radical (unpaired) electrons. The number of carbonyl (C=O) groups is 3. The first-order valence-corrected chi connectivity index (χ1v) is 15.5. The van der Waals surface area contributed by atoms with Crippen molar-refractivity contribution in [1.29, 1.82) is 0 Å². The fourth-order valence-electron chi connectivity index (χ4n) is 7.36. The number of benzene rings is 4. The van der Waals surface area contributed by atoms with Crippen molar-refractivity contribution in [3.05, 3.63) is 135 Å². The van der Waals surface area contributed by atoms with Crippen molar-refractivity contribution in [2.45, 2.75) is 37.8 Å². The van der Waals surface area contributed by atoms with Crippen LogP contribution in [0, 0.1) is 11.8 Å². The van der Waals surface area contributed by atoms with Crippen molar-refractivity contribution in [2.75, 3.05) is 10.2 Å². The Morgan fingerprint density at radius 1 is 0.860 bits per heavy atom. The predicted molar refractivity (Wildman–Crippen MR) is 174 cm³/mol. The quantitative estimate of drug-likeness (QED) is 0.224. The number of nitrogens with one attached hydrogen (secondary N) is 1. The third-order valence-electron chi connectivity index (χ3n) is 9.10. The summed E-state index contributed by atoms with van der Waals surface area (Å²) in [6, 6.07) is 28.9. The summed E-state index contributed by atoms with van der Waals surface area (Å²) in [5.74, 6) is -1.16. The Morgan fingerprint density at radius 3 is 2.26 bits per heavy atom. The molecule has 0 bridgehead atoms. The Morgan fingerprint density at radius 2 is 1.51 bits per heavy atom. The number of rotatable bonds is 6. The van der Waals surface area contributed by atoms with Crippen LogP contribution in [0.15, 0.2) is 108 Å². The lowest BCUT2D eigenvalue weighted by Crippen LogP contribution is -2.51. The summed E-state index contributed by atoms with van der Waals surface area (Å²) in [7, 11) is 0. The molecule has 4 atom stereocenters. The molecule has 1 fully saturated rings. The highest BCUT2D eigenvalue weighted by atomic mass is 79.9. The zero-order valence-corrected chi connectivity index (χ0v) is 25.5. The highest BCUT2D eigenvalue weighted by Gasteiger charge is 2.70. The van der Waals surface area contributed by atoms with Crippen molar-refractivity contribution in [2.24, 2.45) is 11.8 Å². The number of Topliss-reactive ketones (excluding diaryl/α,β-unsaturated/α-hetero) is 2.